The van der Waals surface area contributed by atoms with Gasteiger partial charge in [0.25, 0.3) is 5.91 Å². The van der Waals surface area contributed by atoms with Crippen molar-refractivity contribution in [3.05, 3.63) is 76.1 Å². The number of hydrogen-bond donors (Lipinski definition) is 1. The maximum absolute atomic E-state index is 15.3. The summed E-state index contributed by atoms with van der Waals surface area (Å²) in [7, 11) is -2.21. The Hall–Kier alpha value is -3.50. The predicted molar refractivity (Wildman–Crippen MR) is 152 cm³/mol. The fourth-order valence-electron chi connectivity index (χ4n) is 4.72. The molecule has 1 atom stereocenters. The Balaban J connectivity index is 2.00. The van der Waals surface area contributed by atoms with E-state index in [9.17, 15) is 13.2 Å². The highest BCUT2D eigenvalue weighted by atomic mass is 35.5. The molecule has 206 valence electrons. The van der Waals surface area contributed by atoms with Crippen LogP contribution in [0.2, 0.25) is 5.02 Å². The van der Waals surface area contributed by atoms with Gasteiger partial charge >= 0.3 is 10.1 Å². The van der Waals surface area contributed by atoms with Crippen LogP contribution >= 0.6 is 11.6 Å². The highest BCUT2D eigenvalue weighted by Crippen LogP contribution is 2.42. The second-order valence-corrected chi connectivity index (χ2v) is 11.6. The van der Waals surface area contributed by atoms with Gasteiger partial charge in [-0.2, -0.15) is 8.42 Å². The van der Waals surface area contributed by atoms with Gasteiger partial charge < -0.3 is 14.8 Å². The first-order valence-corrected chi connectivity index (χ1v) is 14.6. The highest BCUT2D eigenvalue weighted by molar-refractivity contribution is 7.86. The molecule has 0 saturated heterocycles. The van der Waals surface area contributed by atoms with Crippen LogP contribution in [0.15, 0.2) is 69.7 Å². The molecule has 4 rings (SSSR count). The smallest absolute Gasteiger partial charge is 0.306 e. The number of nitrogens with zero attached hydrogens (tertiary/aromatic N) is 3. The predicted octanol–water partition coefficient (Wildman–Crippen LogP) is 4.64. The Morgan fingerprint density at radius 2 is 1.90 bits per heavy atom. The van der Waals surface area contributed by atoms with Gasteiger partial charge in [0, 0.05) is 29.4 Å². The summed E-state index contributed by atoms with van der Waals surface area (Å²) < 4.78 is 43.7. The number of allylic oxidation sites excluding steroid dienone is 1. The molecule has 1 amide bonds. The van der Waals surface area contributed by atoms with Gasteiger partial charge in [-0.25, -0.2) is 9.38 Å². The van der Waals surface area contributed by atoms with E-state index in [1.54, 1.807) is 7.05 Å². The molecule has 0 aromatic heterocycles. The molecule has 1 unspecified atom stereocenters. The topological polar surface area (TPSA) is 114 Å². The summed E-state index contributed by atoms with van der Waals surface area (Å²) in [6, 6.07) is 8.45. The van der Waals surface area contributed by atoms with Crippen molar-refractivity contribution in [2.45, 2.75) is 32.2 Å². The maximum atomic E-state index is 15.3. The van der Waals surface area contributed by atoms with Crippen LogP contribution in [0.5, 0.6) is 5.75 Å². The van der Waals surface area contributed by atoms with E-state index in [-0.39, 0.29) is 40.2 Å². The van der Waals surface area contributed by atoms with Gasteiger partial charge in [-0.3, -0.25) is 9.79 Å². The zero-order chi connectivity index (χ0) is 28.5. The van der Waals surface area contributed by atoms with E-state index in [0.717, 1.165) is 24.0 Å². The summed E-state index contributed by atoms with van der Waals surface area (Å²) >= 11 is 6.24. The van der Waals surface area contributed by atoms with Crippen LogP contribution in [0.4, 0.5) is 4.39 Å². The first-order chi connectivity index (χ1) is 18.4. The lowest BCUT2D eigenvalue weighted by atomic mass is 9.78. The molecule has 2 aliphatic rings. The Bertz CT molecular complexity index is 1570. The van der Waals surface area contributed by atoms with Crippen molar-refractivity contribution in [1.82, 2.24) is 4.90 Å². The zero-order valence-corrected chi connectivity index (χ0v) is 23.7. The number of benzene rings is 2. The third-order valence-corrected chi connectivity index (χ3v) is 7.30. The molecule has 2 heterocycles. The van der Waals surface area contributed by atoms with Crippen LogP contribution in [-0.2, 0) is 20.5 Å². The quantitative estimate of drug-likeness (QED) is 0.486. The number of hydrogen-bond acceptors (Lipinski definition) is 7. The molecular formula is C28H30ClFN4O4S. The van der Waals surface area contributed by atoms with Crippen molar-refractivity contribution in [1.29, 1.82) is 0 Å². The summed E-state index contributed by atoms with van der Waals surface area (Å²) in [5.74, 6) is -0.746. The van der Waals surface area contributed by atoms with Gasteiger partial charge in [0.2, 0.25) is 0 Å². The van der Waals surface area contributed by atoms with Crippen LogP contribution in [0, 0.1) is 5.82 Å². The maximum Gasteiger partial charge on any atom is 0.306 e. The van der Waals surface area contributed by atoms with Gasteiger partial charge in [0.1, 0.15) is 17.4 Å². The minimum atomic E-state index is -3.85. The largest absolute Gasteiger partial charge is 0.386 e. The van der Waals surface area contributed by atoms with Gasteiger partial charge in [0.05, 0.1) is 19.3 Å². The SMILES string of the molecule is CCC1=CC(C2(c3ccc(F)c(-c4cc(Cl)cc(OS(C)(=O)=O)c4)c3)N=C(N)CN(C)C2=O)=CC(CC)=NC1. The van der Waals surface area contributed by atoms with Gasteiger partial charge in [0.15, 0.2) is 5.54 Å². The molecule has 0 radical (unpaired) electrons. The number of carbonyl (C=O) groups is 1. The van der Waals surface area contributed by atoms with Crippen molar-refractivity contribution >= 4 is 39.2 Å². The molecule has 8 nitrogen and oxygen atoms in total. The van der Waals surface area contributed by atoms with Gasteiger partial charge in [-0.15, -0.1) is 0 Å². The molecule has 11 heteroatoms. The molecule has 2 N–H and O–H groups in total. The van der Waals surface area contributed by atoms with Crippen LogP contribution < -0.4 is 9.92 Å². The number of amidine groups is 1. The van der Waals surface area contributed by atoms with Crippen LogP contribution in [0.3, 0.4) is 0 Å². The Morgan fingerprint density at radius 1 is 1.15 bits per heavy atom. The molecular weight excluding hydrogens is 543 g/mol. The molecule has 0 bridgehead atoms. The molecule has 0 saturated carbocycles. The average molecular weight is 573 g/mol. The van der Waals surface area contributed by atoms with Crippen molar-refractivity contribution in [3.63, 3.8) is 0 Å². The van der Waals surface area contributed by atoms with Crippen molar-refractivity contribution in [2.75, 3.05) is 26.4 Å². The average Bonchev–Trinajstić information content (AvgIpc) is 3.08. The van der Waals surface area contributed by atoms with E-state index in [1.807, 2.05) is 26.0 Å². The fraction of sp³-hybridized carbons (Fsp3) is 0.321. The minimum Gasteiger partial charge on any atom is -0.386 e. The molecule has 2 aromatic rings. The van der Waals surface area contributed by atoms with E-state index < -0.39 is 21.5 Å². The second kappa shape index (κ2) is 10.9. The molecule has 39 heavy (non-hydrogen) atoms. The van der Waals surface area contributed by atoms with E-state index >= 15 is 4.39 Å². The number of halogens is 2. The van der Waals surface area contributed by atoms with E-state index in [4.69, 9.17) is 26.5 Å². The lowest BCUT2D eigenvalue weighted by molar-refractivity contribution is -0.134. The lowest BCUT2D eigenvalue weighted by Crippen LogP contribution is -2.53. The molecule has 2 aliphatic heterocycles. The fourth-order valence-corrected chi connectivity index (χ4v) is 5.39. The van der Waals surface area contributed by atoms with Crippen molar-refractivity contribution < 1.29 is 21.8 Å². The summed E-state index contributed by atoms with van der Waals surface area (Å²) in [5.41, 5.74) is 7.82. The lowest BCUT2D eigenvalue weighted by Gasteiger charge is -2.38. The van der Waals surface area contributed by atoms with E-state index in [0.29, 0.717) is 24.1 Å². The normalized spacial score (nSPS) is 20.1. The molecule has 0 fully saturated rings. The highest BCUT2D eigenvalue weighted by Gasteiger charge is 2.48. The third kappa shape index (κ3) is 5.91. The monoisotopic (exact) mass is 572 g/mol. The first kappa shape index (κ1) is 28.5. The van der Waals surface area contributed by atoms with E-state index in [2.05, 4.69) is 4.99 Å². The Kier molecular flexibility index (Phi) is 7.99. The number of rotatable bonds is 7. The number of aliphatic imine (C=N–C) groups is 2. The van der Waals surface area contributed by atoms with Crippen LogP contribution in [-0.4, -0.2) is 57.2 Å². The van der Waals surface area contributed by atoms with Gasteiger partial charge in [-0.05, 0) is 65.5 Å². The Labute approximate surface area is 232 Å². The van der Waals surface area contributed by atoms with Crippen LogP contribution in [0.1, 0.15) is 32.3 Å². The standard InChI is InChI=1S/C28H30ClFN4O4S/c1-5-17-9-20(12-22(6-2)32-15-17)28(27(35)34(3)16-26(31)33-28)19-7-8-25(30)24(13-19)18-10-21(29)14-23(11-18)38-39(4,36)37/h7-14H,5-6,15-16H2,1-4H3,(H2,31,33). The third-order valence-electron chi connectivity index (χ3n) is 6.58. The Morgan fingerprint density at radius 3 is 2.56 bits per heavy atom. The summed E-state index contributed by atoms with van der Waals surface area (Å²) in [5, 5.41) is 0.146. The van der Waals surface area contributed by atoms with E-state index in [1.165, 1.54) is 41.3 Å². The number of amides is 1. The first-order valence-electron chi connectivity index (χ1n) is 12.4. The van der Waals surface area contributed by atoms with Crippen LogP contribution in [0.25, 0.3) is 11.1 Å². The molecule has 0 spiro atoms. The number of carbonyl (C=O) groups excluding carboxylic acids is 1. The summed E-state index contributed by atoms with van der Waals surface area (Å²) in [4.78, 5) is 25.0. The minimum absolute atomic E-state index is 0.0685. The number of likely N-dealkylation sites (N-methyl/N-ethyl adjacent to an activating group) is 1. The summed E-state index contributed by atoms with van der Waals surface area (Å²) in [6.07, 6.45) is 6.06. The zero-order valence-electron chi connectivity index (χ0n) is 22.2. The van der Waals surface area contributed by atoms with Crippen molar-refractivity contribution in [2.24, 2.45) is 15.7 Å². The summed E-state index contributed by atoms with van der Waals surface area (Å²) in [6.45, 7) is 4.65. The molecule has 0 aliphatic carbocycles. The molecule has 2 aromatic carbocycles. The van der Waals surface area contributed by atoms with Crippen molar-refractivity contribution in [3.8, 4) is 16.9 Å². The second-order valence-electron chi connectivity index (χ2n) is 9.55. The van der Waals surface area contributed by atoms with Gasteiger partial charge in [-0.1, -0.05) is 37.6 Å². The number of nitrogens with two attached hydrogens (primary N) is 1.